The zero-order chi connectivity index (χ0) is 21.2. The molecule has 2 aliphatic rings. The predicted molar refractivity (Wildman–Crippen MR) is 88.5 cm³/mol. The number of carbonyl (C=O) groups excluding carboxylic acids is 1. The van der Waals surface area contributed by atoms with Crippen LogP contribution in [-0.4, -0.2) is 111 Å². The lowest BCUT2D eigenvalue weighted by molar-refractivity contribution is -0.353. The molecule has 2 saturated heterocycles. The lowest BCUT2D eigenvalue weighted by Gasteiger charge is -2.48. The van der Waals surface area contributed by atoms with Gasteiger partial charge in [0.25, 0.3) is 0 Å². The summed E-state index contributed by atoms with van der Waals surface area (Å²) >= 11 is 0. The quantitative estimate of drug-likeness (QED) is 0.307. The van der Waals surface area contributed by atoms with E-state index in [1.54, 1.807) is 6.92 Å². The molecule has 0 aromatic rings. The van der Waals surface area contributed by atoms with Gasteiger partial charge in [-0.25, -0.2) is 9.86 Å². The van der Waals surface area contributed by atoms with Gasteiger partial charge in [0, 0.05) is 14.0 Å². The van der Waals surface area contributed by atoms with Crippen LogP contribution in [0, 0.1) is 0 Å². The van der Waals surface area contributed by atoms with Crippen LogP contribution in [-0.2, 0) is 28.6 Å². The largest absolute Gasteiger partial charge is 0.479 e. The highest BCUT2D eigenvalue weighted by Gasteiger charge is 2.52. The molecule has 0 aromatic carbocycles. The number of aliphatic hydroxyl groups excluding tert-OH is 4. The summed E-state index contributed by atoms with van der Waals surface area (Å²) < 4.78 is 15.8. The van der Waals surface area contributed by atoms with Gasteiger partial charge in [-0.3, -0.25) is 9.63 Å². The van der Waals surface area contributed by atoms with Gasteiger partial charge in [-0.15, -0.1) is 0 Å². The third-order valence-electron chi connectivity index (χ3n) is 4.91. The van der Waals surface area contributed by atoms with Crippen molar-refractivity contribution in [3.05, 3.63) is 0 Å². The van der Waals surface area contributed by atoms with Crippen molar-refractivity contribution in [3.8, 4) is 0 Å². The van der Waals surface area contributed by atoms with Crippen molar-refractivity contribution in [1.82, 2.24) is 5.06 Å². The van der Waals surface area contributed by atoms with Crippen LogP contribution < -0.4 is 0 Å². The van der Waals surface area contributed by atoms with E-state index in [4.69, 9.17) is 19.0 Å². The Hall–Kier alpha value is -1.38. The van der Waals surface area contributed by atoms with Crippen LogP contribution >= 0.6 is 0 Å². The van der Waals surface area contributed by atoms with Crippen molar-refractivity contribution in [3.63, 3.8) is 0 Å². The molecule has 12 heteroatoms. The normalized spacial score (nSPS) is 41.7. The molecule has 0 saturated carbocycles. The first-order valence-electron chi connectivity index (χ1n) is 8.86. The van der Waals surface area contributed by atoms with Gasteiger partial charge in [0.15, 0.2) is 12.4 Å². The van der Waals surface area contributed by atoms with E-state index >= 15 is 0 Å². The molecule has 9 atom stereocenters. The third-order valence-corrected chi connectivity index (χ3v) is 4.91. The summed E-state index contributed by atoms with van der Waals surface area (Å²) in [5.41, 5.74) is 0. The molecule has 2 heterocycles. The van der Waals surface area contributed by atoms with Crippen molar-refractivity contribution in [2.24, 2.45) is 0 Å². The monoisotopic (exact) mass is 409 g/mol. The molecule has 12 nitrogen and oxygen atoms in total. The first kappa shape index (κ1) is 22.9. The van der Waals surface area contributed by atoms with Gasteiger partial charge in [-0.05, 0) is 6.42 Å². The van der Waals surface area contributed by atoms with E-state index in [-0.39, 0.29) is 6.42 Å². The van der Waals surface area contributed by atoms with Gasteiger partial charge in [0.2, 0.25) is 5.91 Å². The Morgan fingerprint density at radius 1 is 1.11 bits per heavy atom. The van der Waals surface area contributed by atoms with Crippen LogP contribution in [0.25, 0.3) is 0 Å². The molecule has 0 aromatic heterocycles. The number of hydroxylamine groups is 2. The molecular weight excluding hydrogens is 382 g/mol. The number of amides is 1. The molecule has 0 bridgehead atoms. The van der Waals surface area contributed by atoms with Gasteiger partial charge < -0.3 is 39.7 Å². The van der Waals surface area contributed by atoms with Crippen molar-refractivity contribution < 1.29 is 54.2 Å². The lowest BCUT2D eigenvalue weighted by Crippen LogP contribution is -2.66. The SMILES string of the molecule is CCC1C(OC2OC(C(=O)O)C(OC)C(O)C2O)C(O)C(CO)ON1C(C)=O. The maximum absolute atomic E-state index is 11.9. The number of rotatable bonds is 6. The minimum Gasteiger partial charge on any atom is -0.479 e. The minimum atomic E-state index is -1.69. The third kappa shape index (κ3) is 4.28. The fourth-order valence-electron chi connectivity index (χ4n) is 3.44. The summed E-state index contributed by atoms with van der Waals surface area (Å²) in [7, 11) is 1.16. The van der Waals surface area contributed by atoms with Crippen molar-refractivity contribution in [2.75, 3.05) is 13.7 Å². The maximum Gasteiger partial charge on any atom is 0.335 e. The maximum atomic E-state index is 11.9. The predicted octanol–water partition coefficient (Wildman–Crippen LogP) is -2.79. The van der Waals surface area contributed by atoms with Gasteiger partial charge in [-0.1, -0.05) is 6.92 Å². The molecule has 28 heavy (non-hydrogen) atoms. The molecule has 9 unspecified atom stereocenters. The van der Waals surface area contributed by atoms with Crippen LogP contribution in [0.2, 0.25) is 0 Å². The summed E-state index contributed by atoms with van der Waals surface area (Å²) in [5.74, 6) is -1.94. The van der Waals surface area contributed by atoms with Gasteiger partial charge >= 0.3 is 5.97 Å². The molecule has 0 radical (unpaired) electrons. The topological polar surface area (TPSA) is 175 Å². The Kier molecular flexibility index (Phi) is 7.70. The van der Waals surface area contributed by atoms with E-state index in [1.807, 2.05) is 0 Å². The lowest BCUT2D eigenvalue weighted by atomic mass is 9.95. The van der Waals surface area contributed by atoms with Crippen molar-refractivity contribution in [1.29, 1.82) is 0 Å². The Balaban J connectivity index is 2.28. The molecule has 5 N–H and O–H groups in total. The standard InChI is InChI=1S/C16H27NO11/c1-4-7-12(9(20)8(5-18)28-17(7)6(2)19)26-16-11(22)10(21)13(25-3)14(27-16)15(23)24/h7-14,16,18,20-22H,4-5H2,1-3H3,(H,23,24). The van der Waals surface area contributed by atoms with Crippen LogP contribution in [0.5, 0.6) is 0 Å². The van der Waals surface area contributed by atoms with E-state index in [9.17, 15) is 35.1 Å². The van der Waals surface area contributed by atoms with Gasteiger partial charge in [0.05, 0.1) is 12.6 Å². The number of aliphatic carboxylic acids is 1. The highest BCUT2D eigenvalue weighted by atomic mass is 16.7. The summed E-state index contributed by atoms with van der Waals surface area (Å²) in [4.78, 5) is 28.6. The van der Waals surface area contributed by atoms with Crippen LogP contribution in [0.4, 0.5) is 0 Å². The molecule has 2 rings (SSSR count). The van der Waals surface area contributed by atoms with E-state index in [0.29, 0.717) is 0 Å². The number of carbonyl (C=O) groups is 2. The second-order valence-electron chi connectivity index (χ2n) is 6.68. The fraction of sp³-hybridized carbons (Fsp3) is 0.875. The smallest absolute Gasteiger partial charge is 0.335 e. The van der Waals surface area contributed by atoms with Gasteiger partial charge in [0.1, 0.15) is 36.6 Å². The number of methoxy groups -OCH3 is 1. The molecule has 0 spiro atoms. The van der Waals surface area contributed by atoms with Crippen LogP contribution in [0.15, 0.2) is 0 Å². The van der Waals surface area contributed by atoms with Crippen molar-refractivity contribution in [2.45, 2.75) is 75.3 Å². The summed E-state index contributed by atoms with van der Waals surface area (Å²) in [6, 6.07) is -0.813. The second-order valence-corrected chi connectivity index (χ2v) is 6.68. The van der Waals surface area contributed by atoms with E-state index < -0.39 is 73.5 Å². The van der Waals surface area contributed by atoms with E-state index in [2.05, 4.69) is 0 Å². The first-order chi connectivity index (χ1) is 13.2. The average molecular weight is 409 g/mol. The van der Waals surface area contributed by atoms with Gasteiger partial charge in [-0.2, -0.15) is 0 Å². The molecule has 1 amide bonds. The minimum absolute atomic E-state index is 0.272. The zero-order valence-corrected chi connectivity index (χ0v) is 15.7. The molecular formula is C16H27NO11. The number of hydrogen-bond acceptors (Lipinski definition) is 10. The summed E-state index contributed by atoms with van der Waals surface area (Å²) in [6.07, 6.45) is -11.5. The number of carboxylic acid groups (broad SMARTS) is 1. The van der Waals surface area contributed by atoms with E-state index in [0.717, 1.165) is 12.2 Å². The zero-order valence-electron chi connectivity index (χ0n) is 15.7. The van der Waals surface area contributed by atoms with E-state index in [1.165, 1.54) is 6.92 Å². The Bertz CT molecular complexity index is 561. The van der Waals surface area contributed by atoms with Crippen LogP contribution in [0.3, 0.4) is 0 Å². The Labute approximate surface area is 161 Å². The first-order valence-corrected chi connectivity index (χ1v) is 8.86. The average Bonchev–Trinajstić information content (AvgIpc) is 2.65. The Morgan fingerprint density at radius 3 is 2.21 bits per heavy atom. The number of nitrogens with zero attached hydrogens (tertiary/aromatic N) is 1. The summed E-state index contributed by atoms with van der Waals surface area (Å²) in [5, 5.41) is 50.7. The summed E-state index contributed by atoms with van der Waals surface area (Å²) in [6.45, 7) is 2.30. The Morgan fingerprint density at radius 2 is 1.75 bits per heavy atom. The molecule has 162 valence electrons. The number of hydrogen-bond donors (Lipinski definition) is 5. The highest BCUT2D eigenvalue weighted by Crippen LogP contribution is 2.31. The van der Waals surface area contributed by atoms with Crippen molar-refractivity contribution >= 4 is 11.9 Å². The van der Waals surface area contributed by atoms with Crippen LogP contribution in [0.1, 0.15) is 20.3 Å². The number of carboxylic acids is 1. The number of aliphatic hydroxyl groups is 4. The molecule has 2 aliphatic heterocycles. The second kappa shape index (κ2) is 9.41. The molecule has 2 fully saturated rings. The highest BCUT2D eigenvalue weighted by molar-refractivity contribution is 5.73. The molecule has 0 aliphatic carbocycles. The fourth-order valence-corrected chi connectivity index (χ4v) is 3.44. The number of ether oxygens (including phenoxy) is 3.